The van der Waals surface area contributed by atoms with Crippen molar-refractivity contribution in [2.45, 2.75) is 5.92 Å². The Kier molecular flexibility index (Phi) is 4.75. The molecule has 3 heterocycles. The van der Waals surface area contributed by atoms with Crippen molar-refractivity contribution in [1.29, 1.82) is 0 Å². The Labute approximate surface area is 159 Å². The van der Waals surface area contributed by atoms with Crippen LogP contribution in [0, 0.1) is 0 Å². The molecular weight excluding hydrogens is 356 g/mol. The summed E-state index contributed by atoms with van der Waals surface area (Å²) in [5, 5.41) is 6.64. The number of anilines is 1. The minimum atomic E-state index is -0.461. The number of hydrogen-bond acceptors (Lipinski definition) is 5. The van der Waals surface area contributed by atoms with Crippen LogP contribution in [0.2, 0.25) is 0 Å². The van der Waals surface area contributed by atoms with Crippen LogP contribution in [0.25, 0.3) is 5.95 Å². The minimum absolute atomic E-state index is 0.0940. The lowest BCUT2D eigenvalue weighted by atomic mass is 9.88. The zero-order valence-electron chi connectivity index (χ0n) is 14.7. The first kappa shape index (κ1) is 17.3. The summed E-state index contributed by atoms with van der Waals surface area (Å²) in [6.07, 6.45) is 7.10. The average molecular weight is 372 g/mol. The van der Waals surface area contributed by atoms with Crippen LogP contribution in [0.3, 0.4) is 0 Å². The van der Waals surface area contributed by atoms with Crippen LogP contribution in [-0.4, -0.2) is 31.1 Å². The van der Waals surface area contributed by atoms with Crippen LogP contribution in [-0.2, 0) is 4.79 Å². The normalized spacial score (nSPS) is 11.7. The van der Waals surface area contributed by atoms with Crippen molar-refractivity contribution in [2.24, 2.45) is 0 Å². The fourth-order valence-electron chi connectivity index (χ4n) is 3.10. The largest absolute Gasteiger partial charge is 0.323 e. The molecule has 1 atom stereocenters. The summed E-state index contributed by atoms with van der Waals surface area (Å²) >= 11 is 0. The summed E-state index contributed by atoms with van der Waals surface area (Å²) in [5.41, 5.74) is 1.86. The predicted octanol–water partition coefficient (Wildman–Crippen LogP) is 2.10. The molecular formula is C20H16N6O2. The molecule has 0 aliphatic rings. The number of pyridine rings is 1. The van der Waals surface area contributed by atoms with Gasteiger partial charge in [0.05, 0.1) is 11.6 Å². The van der Waals surface area contributed by atoms with E-state index in [1.165, 1.54) is 4.68 Å². The Morgan fingerprint density at radius 3 is 2.43 bits per heavy atom. The van der Waals surface area contributed by atoms with Gasteiger partial charge >= 0.3 is 0 Å². The topological polar surface area (TPSA) is 106 Å². The van der Waals surface area contributed by atoms with Crippen LogP contribution in [0.5, 0.6) is 0 Å². The molecule has 0 saturated heterocycles. The molecule has 0 spiro atoms. The number of rotatable bonds is 6. The number of carbonyl (C=O) groups excluding carboxylic acids is 1. The lowest BCUT2D eigenvalue weighted by Crippen LogP contribution is -2.23. The molecule has 1 amide bonds. The second-order valence-corrected chi connectivity index (χ2v) is 5.99. The molecule has 1 aromatic carbocycles. The summed E-state index contributed by atoms with van der Waals surface area (Å²) < 4.78 is 1.46. The van der Waals surface area contributed by atoms with E-state index in [0.717, 1.165) is 11.1 Å². The van der Waals surface area contributed by atoms with Crippen LogP contribution in [0.15, 0.2) is 78.1 Å². The number of aromatic amines is 1. The highest BCUT2D eigenvalue weighted by Gasteiger charge is 2.24. The van der Waals surface area contributed by atoms with Gasteiger partial charge in [0.2, 0.25) is 12.4 Å². The van der Waals surface area contributed by atoms with Crippen molar-refractivity contribution in [3.63, 3.8) is 0 Å². The Morgan fingerprint density at radius 2 is 1.75 bits per heavy atom. The van der Waals surface area contributed by atoms with Crippen molar-refractivity contribution in [2.75, 3.05) is 5.32 Å². The van der Waals surface area contributed by atoms with E-state index < -0.39 is 5.56 Å². The van der Waals surface area contributed by atoms with Gasteiger partial charge < -0.3 is 5.32 Å². The van der Waals surface area contributed by atoms with E-state index in [1.807, 2.05) is 42.5 Å². The first-order valence-corrected chi connectivity index (χ1v) is 8.57. The summed E-state index contributed by atoms with van der Waals surface area (Å²) in [6.45, 7) is 0. The van der Waals surface area contributed by atoms with Crippen LogP contribution in [0.4, 0.5) is 5.69 Å². The minimum Gasteiger partial charge on any atom is -0.323 e. The number of amides is 1. The van der Waals surface area contributed by atoms with Crippen LogP contribution < -0.4 is 10.9 Å². The van der Waals surface area contributed by atoms with Crippen molar-refractivity contribution >= 4 is 12.1 Å². The fourth-order valence-corrected chi connectivity index (χ4v) is 3.10. The maximum Gasteiger partial charge on any atom is 0.276 e. The number of nitrogens with zero attached hydrogens (tertiary/aromatic N) is 4. The smallest absolute Gasteiger partial charge is 0.276 e. The summed E-state index contributed by atoms with van der Waals surface area (Å²) in [4.78, 5) is 35.3. The van der Waals surface area contributed by atoms with E-state index in [2.05, 4.69) is 25.4 Å². The van der Waals surface area contributed by atoms with Crippen molar-refractivity contribution < 1.29 is 4.79 Å². The summed E-state index contributed by atoms with van der Waals surface area (Å²) in [6, 6.07) is 15.1. The third kappa shape index (κ3) is 3.30. The third-order valence-electron chi connectivity index (χ3n) is 4.31. The molecule has 2 N–H and O–H groups in total. The van der Waals surface area contributed by atoms with E-state index in [1.54, 1.807) is 30.9 Å². The first-order valence-electron chi connectivity index (χ1n) is 8.57. The van der Waals surface area contributed by atoms with Crippen molar-refractivity contribution in [3.05, 3.63) is 100 Å². The molecule has 0 fully saturated rings. The van der Waals surface area contributed by atoms with E-state index >= 15 is 0 Å². The highest BCUT2D eigenvalue weighted by atomic mass is 16.1. The van der Waals surface area contributed by atoms with Gasteiger partial charge in [-0.1, -0.05) is 30.3 Å². The number of aromatic nitrogens is 5. The van der Waals surface area contributed by atoms with Gasteiger partial charge in [0.1, 0.15) is 5.69 Å². The Balaban J connectivity index is 1.99. The zero-order chi connectivity index (χ0) is 19.3. The average Bonchev–Trinajstić information content (AvgIpc) is 3.27. The first-order chi connectivity index (χ1) is 13.8. The number of hydrogen-bond donors (Lipinski definition) is 2. The van der Waals surface area contributed by atoms with E-state index in [-0.39, 0.29) is 17.6 Å². The van der Waals surface area contributed by atoms with Crippen molar-refractivity contribution in [3.8, 4) is 5.95 Å². The molecule has 28 heavy (non-hydrogen) atoms. The molecule has 138 valence electrons. The van der Waals surface area contributed by atoms with Gasteiger partial charge in [0.25, 0.3) is 5.56 Å². The number of nitrogens with one attached hydrogen (secondary N) is 2. The number of H-pyrrole nitrogens is 1. The zero-order valence-corrected chi connectivity index (χ0v) is 14.7. The van der Waals surface area contributed by atoms with Gasteiger partial charge in [-0.05, 0) is 29.3 Å². The molecule has 3 aromatic heterocycles. The van der Waals surface area contributed by atoms with Gasteiger partial charge in [-0.2, -0.15) is 5.10 Å². The Bertz CT molecular complexity index is 1090. The van der Waals surface area contributed by atoms with Crippen LogP contribution >= 0.6 is 0 Å². The lowest BCUT2D eigenvalue weighted by molar-refractivity contribution is -0.105. The van der Waals surface area contributed by atoms with E-state index in [0.29, 0.717) is 12.1 Å². The number of benzene rings is 1. The highest BCUT2D eigenvalue weighted by molar-refractivity contribution is 5.73. The molecule has 4 aromatic rings. The lowest BCUT2D eigenvalue weighted by Gasteiger charge is -2.20. The van der Waals surface area contributed by atoms with Crippen molar-refractivity contribution in [1.82, 2.24) is 24.7 Å². The molecule has 0 aliphatic carbocycles. The molecule has 0 saturated carbocycles. The van der Waals surface area contributed by atoms with E-state index in [9.17, 15) is 9.59 Å². The van der Waals surface area contributed by atoms with Gasteiger partial charge in [-0.3, -0.25) is 19.6 Å². The van der Waals surface area contributed by atoms with Gasteiger partial charge in [-0.25, -0.2) is 9.67 Å². The van der Waals surface area contributed by atoms with Gasteiger partial charge in [0, 0.05) is 24.8 Å². The fraction of sp³-hybridized carbons (Fsp3) is 0.0500. The predicted molar refractivity (Wildman–Crippen MR) is 103 cm³/mol. The van der Waals surface area contributed by atoms with E-state index in [4.69, 9.17) is 0 Å². The second-order valence-electron chi connectivity index (χ2n) is 5.99. The van der Waals surface area contributed by atoms with Gasteiger partial charge in [-0.15, -0.1) is 0 Å². The summed E-state index contributed by atoms with van der Waals surface area (Å²) in [7, 11) is 0. The highest BCUT2D eigenvalue weighted by Crippen LogP contribution is 2.33. The van der Waals surface area contributed by atoms with Gasteiger partial charge in [0.15, 0.2) is 0 Å². The quantitative estimate of drug-likeness (QED) is 0.504. The Hall–Kier alpha value is -4.07. The molecule has 4 rings (SSSR count). The summed E-state index contributed by atoms with van der Waals surface area (Å²) in [5.74, 6) is -0.125. The molecule has 1 unspecified atom stereocenters. The molecule has 8 nitrogen and oxygen atoms in total. The molecule has 0 bridgehead atoms. The Morgan fingerprint density at radius 1 is 1.00 bits per heavy atom. The maximum absolute atomic E-state index is 12.7. The number of carbonyl (C=O) groups is 1. The van der Waals surface area contributed by atoms with Crippen LogP contribution in [0.1, 0.15) is 22.7 Å². The molecule has 8 heteroatoms. The second kappa shape index (κ2) is 7.67. The molecule has 0 radical (unpaired) electrons. The monoisotopic (exact) mass is 372 g/mol. The third-order valence-corrected chi connectivity index (χ3v) is 4.31. The molecule has 0 aliphatic heterocycles. The standard InChI is InChI=1S/C20H16N6O2/c27-13-22-18-17(24-20(25-19(18)28)26-12-4-9-23-26)16(14-5-2-1-3-6-14)15-7-10-21-11-8-15/h1-13,16H,(H,22,27)(H,24,25,28). The maximum atomic E-state index is 12.7. The SMILES string of the molecule is O=CNc1c(C(c2ccccc2)c2ccncc2)nc(-n2cccn2)[nH]c1=O.